The number of nitrogens with zero attached hydrogens (tertiary/aromatic N) is 3. The lowest BCUT2D eigenvalue weighted by atomic mass is 9.81. The van der Waals surface area contributed by atoms with Gasteiger partial charge in [-0.2, -0.15) is 5.10 Å². The van der Waals surface area contributed by atoms with Crippen molar-refractivity contribution in [2.45, 2.75) is 63.6 Å². The second kappa shape index (κ2) is 9.24. The van der Waals surface area contributed by atoms with Gasteiger partial charge in [0.05, 0.1) is 6.04 Å². The summed E-state index contributed by atoms with van der Waals surface area (Å²) in [6.45, 7) is 4.64. The molecule has 1 aromatic carbocycles. The Kier molecular flexibility index (Phi) is 6.58. The van der Waals surface area contributed by atoms with E-state index in [0.29, 0.717) is 22.4 Å². The predicted molar refractivity (Wildman–Crippen MR) is 130 cm³/mol. The lowest BCUT2D eigenvalue weighted by Crippen LogP contribution is -2.50. The van der Waals surface area contributed by atoms with Crippen molar-refractivity contribution in [1.82, 2.24) is 15.1 Å². The molecule has 0 saturated heterocycles. The van der Waals surface area contributed by atoms with Gasteiger partial charge in [0.25, 0.3) is 5.91 Å². The highest BCUT2D eigenvalue weighted by atomic mass is 35.5. The largest absolute Gasteiger partial charge is 0.365 e. The molecule has 2 aliphatic carbocycles. The maximum Gasteiger partial charge on any atom is 0.254 e. The Morgan fingerprint density at radius 1 is 1.25 bits per heavy atom. The number of nitrogens with one attached hydrogen (secondary N) is 2. The molecule has 2 aromatic rings. The smallest absolute Gasteiger partial charge is 0.254 e. The summed E-state index contributed by atoms with van der Waals surface area (Å²) in [4.78, 5) is 16.5. The molecule has 2 aliphatic rings. The molecule has 0 aliphatic heterocycles. The van der Waals surface area contributed by atoms with E-state index in [-0.39, 0.29) is 17.5 Å². The lowest BCUT2D eigenvalue weighted by molar-refractivity contribution is 0.100. The summed E-state index contributed by atoms with van der Waals surface area (Å²) < 4.78 is 1.90. The van der Waals surface area contributed by atoms with E-state index >= 15 is 0 Å². The van der Waals surface area contributed by atoms with Gasteiger partial charge in [-0.15, -0.1) is 0 Å². The summed E-state index contributed by atoms with van der Waals surface area (Å²) in [6.07, 6.45) is 9.44. The zero-order valence-corrected chi connectivity index (χ0v) is 19.8. The summed E-state index contributed by atoms with van der Waals surface area (Å²) >= 11 is 5.98. The molecule has 4 N–H and O–H groups in total. The number of amides is 1. The normalized spacial score (nSPS) is 24.1. The van der Waals surface area contributed by atoms with Gasteiger partial charge in [0, 0.05) is 47.7 Å². The number of aliphatic imine (C=N–C) groups is 1. The van der Waals surface area contributed by atoms with Gasteiger partial charge in [-0.1, -0.05) is 11.6 Å². The standard InChI is InChI=1S/C24H33ClN6O/c1-24(2,16-4-5-16)29-19-10-11-21(15(12-19)13-27-3)31-14-20(22(26)32)23(30-31)28-18-8-6-17(25)7-9-18/h6-9,13-16,19,21,29H,4-5,10-12H2,1-3H3,(H2,26,32)(H,28,30)/b27-13-/t15-,19-,21?/m1/s1. The Morgan fingerprint density at radius 2 is 1.97 bits per heavy atom. The number of anilines is 2. The minimum atomic E-state index is -0.505. The van der Waals surface area contributed by atoms with Crippen LogP contribution in [0.2, 0.25) is 5.02 Å². The first-order valence-corrected chi connectivity index (χ1v) is 11.8. The van der Waals surface area contributed by atoms with Gasteiger partial charge in [0.1, 0.15) is 5.56 Å². The molecule has 7 nitrogen and oxygen atoms in total. The van der Waals surface area contributed by atoms with Crippen LogP contribution in [0.15, 0.2) is 35.5 Å². The third kappa shape index (κ3) is 5.15. The Hall–Kier alpha value is -2.38. The molecule has 1 heterocycles. The first kappa shape index (κ1) is 22.8. The summed E-state index contributed by atoms with van der Waals surface area (Å²) in [5.41, 5.74) is 7.01. The topological polar surface area (TPSA) is 97.3 Å². The van der Waals surface area contributed by atoms with E-state index in [4.69, 9.17) is 22.4 Å². The van der Waals surface area contributed by atoms with E-state index in [9.17, 15) is 4.79 Å². The molecule has 4 rings (SSSR count). The molecule has 0 radical (unpaired) electrons. The van der Waals surface area contributed by atoms with Crippen LogP contribution in [0.25, 0.3) is 0 Å². The monoisotopic (exact) mass is 456 g/mol. The van der Waals surface area contributed by atoms with Crippen molar-refractivity contribution in [1.29, 1.82) is 0 Å². The van der Waals surface area contributed by atoms with Crippen LogP contribution in [-0.2, 0) is 0 Å². The lowest BCUT2D eigenvalue weighted by Gasteiger charge is -2.39. The van der Waals surface area contributed by atoms with Gasteiger partial charge in [-0.3, -0.25) is 9.48 Å². The number of carbonyl (C=O) groups is 1. The molecule has 3 atom stereocenters. The van der Waals surface area contributed by atoms with Gasteiger partial charge in [0.2, 0.25) is 0 Å². The first-order valence-electron chi connectivity index (χ1n) is 11.4. The Labute approximate surface area is 194 Å². The number of hydrogen-bond donors (Lipinski definition) is 3. The molecule has 1 amide bonds. The van der Waals surface area contributed by atoms with Crippen LogP contribution in [0, 0.1) is 11.8 Å². The van der Waals surface area contributed by atoms with Gasteiger partial charge in [0.15, 0.2) is 5.82 Å². The van der Waals surface area contributed by atoms with Crippen LogP contribution in [0.4, 0.5) is 11.5 Å². The number of primary amides is 1. The fourth-order valence-electron chi connectivity index (χ4n) is 4.95. The molecule has 32 heavy (non-hydrogen) atoms. The van der Waals surface area contributed by atoms with E-state index < -0.39 is 5.91 Å². The highest BCUT2D eigenvalue weighted by Crippen LogP contribution is 2.41. The predicted octanol–water partition coefficient (Wildman–Crippen LogP) is 4.57. The minimum Gasteiger partial charge on any atom is -0.365 e. The third-order valence-electron chi connectivity index (χ3n) is 6.82. The number of benzene rings is 1. The molecular formula is C24H33ClN6O. The zero-order valence-electron chi connectivity index (χ0n) is 19.0. The molecule has 1 aromatic heterocycles. The average Bonchev–Trinajstić information content (AvgIpc) is 3.52. The quantitative estimate of drug-likeness (QED) is 0.507. The molecular weight excluding hydrogens is 424 g/mol. The highest BCUT2D eigenvalue weighted by Gasteiger charge is 2.41. The first-order chi connectivity index (χ1) is 15.3. The second-order valence-electron chi connectivity index (χ2n) is 9.66. The number of nitrogens with two attached hydrogens (primary N) is 1. The number of aromatic nitrogens is 2. The van der Waals surface area contributed by atoms with Crippen molar-refractivity contribution >= 4 is 35.2 Å². The maximum atomic E-state index is 12.1. The minimum absolute atomic E-state index is 0.125. The Balaban J connectivity index is 1.53. The molecule has 0 bridgehead atoms. The molecule has 8 heteroatoms. The van der Waals surface area contributed by atoms with E-state index in [1.54, 1.807) is 18.3 Å². The van der Waals surface area contributed by atoms with Crippen LogP contribution >= 0.6 is 11.6 Å². The highest BCUT2D eigenvalue weighted by molar-refractivity contribution is 6.30. The van der Waals surface area contributed by atoms with Crippen molar-refractivity contribution in [3.8, 4) is 0 Å². The number of carbonyl (C=O) groups excluding carboxylic acids is 1. The van der Waals surface area contributed by atoms with Gasteiger partial charge >= 0.3 is 0 Å². The second-order valence-corrected chi connectivity index (χ2v) is 10.1. The van der Waals surface area contributed by atoms with Crippen molar-refractivity contribution in [2.24, 2.45) is 22.6 Å². The fourth-order valence-corrected chi connectivity index (χ4v) is 5.08. The van der Waals surface area contributed by atoms with Crippen molar-refractivity contribution < 1.29 is 4.79 Å². The molecule has 1 unspecified atom stereocenters. The van der Waals surface area contributed by atoms with Gasteiger partial charge in [-0.25, -0.2) is 0 Å². The summed E-state index contributed by atoms with van der Waals surface area (Å²) in [7, 11) is 1.81. The molecule has 2 fully saturated rings. The Bertz CT molecular complexity index is 979. The van der Waals surface area contributed by atoms with Gasteiger partial charge < -0.3 is 21.4 Å². The summed E-state index contributed by atoms with van der Waals surface area (Å²) in [6, 6.07) is 7.84. The summed E-state index contributed by atoms with van der Waals surface area (Å²) in [5.74, 6) is 0.964. The van der Waals surface area contributed by atoms with Crippen molar-refractivity contribution in [2.75, 3.05) is 12.4 Å². The van der Waals surface area contributed by atoms with Gasteiger partial charge in [-0.05, 0) is 76.1 Å². The average molecular weight is 457 g/mol. The van der Waals surface area contributed by atoms with Crippen LogP contribution in [0.5, 0.6) is 0 Å². The zero-order chi connectivity index (χ0) is 22.9. The van der Waals surface area contributed by atoms with Crippen molar-refractivity contribution in [3.63, 3.8) is 0 Å². The summed E-state index contributed by atoms with van der Waals surface area (Å²) in [5, 5.41) is 12.5. The SMILES string of the molecule is C/N=C\[C@H]1C[C@H](NC(C)(C)C2CC2)CCC1n1cc(C(N)=O)c(Nc2ccc(Cl)cc2)n1. The van der Waals surface area contributed by atoms with Crippen molar-refractivity contribution in [3.05, 3.63) is 41.0 Å². The Morgan fingerprint density at radius 3 is 2.59 bits per heavy atom. The molecule has 2 saturated carbocycles. The molecule has 0 spiro atoms. The van der Waals surface area contributed by atoms with Crippen LogP contribution in [0.1, 0.15) is 62.4 Å². The third-order valence-corrected chi connectivity index (χ3v) is 7.07. The maximum absolute atomic E-state index is 12.1. The number of rotatable bonds is 8. The van der Waals surface area contributed by atoms with E-state index in [1.165, 1.54) is 12.8 Å². The van der Waals surface area contributed by atoms with E-state index in [1.807, 2.05) is 30.1 Å². The number of hydrogen-bond acceptors (Lipinski definition) is 5. The molecule has 172 valence electrons. The van der Waals surface area contributed by atoms with E-state index in [2.05, 4.69) is 29.5 Å². The fraction of sp³-hybridized carbons (Fsp3) is 0.542. The van der Waals surface area contributed by atoms with Crippen LogP contribution in [-0.4, -0.2) is 40.5 Å². The van der Waals surface area contributed by atoms with Crippen LogP contribution in [0.3, 0.4) is 0 Å². The van der Waals surface area contributed by atoms with Crippen LogP contribution < -0.4 is 16.4 Å². The van der Waals surface area contributed by atoms with E-state index in [0.717, 1.165) is 30.9 Å². The number of halogens is 1.